The van der Waals surface area contributed by atoms with Gasteiger partial charge in [-0.15, -0.1) is 0 Å². The topological polar surface area (TPSA) is 45.7 Å². The van der Waals surface area contributed by atoms with Crippen molar-refractivity contribution in [3.63, 3.8) is 0 Å². The van der Waals surface area contributed by atoms with E-state index >= 15 is 0 Å². The van der Waals surface area contributed by atoms with E-state index in [0.29, 0.717) is 11.8 Å². The van der Waals surface area contributed by atoms with Gasteiger partial charge in [-0.1, -0.05) is 6.07 Å². The van der Waals surface area contributed by atoms with E-state index in [1.165, 1.54) is 0 Å². The van der Waals surface area contributed by atoms with Gasteiger partial charge in [0.25, 0.3) is 0 Å². The molecule has 0 radical (unpaired) electrons. The molecule has 2 fully saturated rings. The molecule has 1 aromatic rings. The minimum atomic E-state index is -0.0791. The van der Waals surface area contributed by atoms with Crippen LogP contribution in [0.3, 0.4) is 0 Å². The van der Waals surface area contributed by atoms with Crippen LogP contribution in [-0.2, 0) is 11.3 Å². The van der Waals surface area contributed by atoms with E-state index in [4.69, 9.17) is 4.74 Å². The third-order valence-electron chi connectivity index (χ3n) is 4.98. The Hall–Kier alpha value is -1.62. The molecule has 3 rings (SSSR count). The van der Waals surface area contributed by atoms with E-state index in [1.54, 1.807) is 13.3 Å². The molecule has 5 nitrogen and oxygen atoms in total. The van der Waals surface area contributed by atoms with Gasteiger partial charge in [0.2, 0.25) is 11.8 Å². The van der Waals surface area contributed by atoms with Crippen molar-refractivity contribution in [2.75, 3.05) is 33.8 Å². The quantitative estimate of drug-likeness (QED) is 0.846. The number of piperidine rings is 1. The van der Waals surface area contributed by atoms with Crippen LogP contribution in [0.1, 0.15) is 24.8 Å². The number of aromatic nitrogens is 1. The van der Waals surface area contributed by atoms with Crippen LogP contribution in [0.4, 0.5) is 0 Å². The number of methoxy groups -OCH3 is 1. The first-order valence-electron chi connectivity index (χ1n) is 7.60. The van der Waals surface area contributed by atoms with Crippen LogP contribution >= 0.6 is 0 Å². The van der Waals surface area contributed by atoms with Crippen molar-refractivity contribution < 1.29 is 9.53 Å². The fourth-order valence-electron chi connectivity index (χ4n) is 3.57. The first kappa shape index (κ1) is 14.3. The number of carbonyl (C=O) groups is 1. The molecule has 114 valence electrons. The Labute approximate surface area is 125 Å². The Morgan fingerprint density at radius 3 is 2.62 bits per heavy atom. The minimum absolute atomic E-state index is 0.0791. The van der Waals surface area contributed by atoms with Crippen LogP contribution in [0.25, 0.3) is 0 Å². The average molecular weight is 289 g/mol. The van der Waals surface area contributed by atoms with E-state index in [1.807, 2.05) is 18.0 Å². The van der Waals surface area contributed by atoms with Crippen LogP contribution < -0.4 is 4.74 Å². The monoisotopic (exact) mass is 289 g/mol. The number of nitrogens with zero attached hydrogens (tertiary/aromatic N) is 3. The van der Waals surface area contributed by atoms with Gasteiger partial charge in [-0.05, 0) is 38.4 Å². The molecule has 5 heteroatoms. The van der Waals surface area contributed by atoms with Crippen molar-refractivity contribution in [1.82, 2.24) is 14.8 Å². The molecule has 2 aliphatic rings. The molecule has 0 N–H and O–H groups in total. The van der Waals surface area contributed by atoms with Crippen molar-refractivity contribution in [2.45, 2.75) is 25.8 Å². The van der Waals surface area contributed by atoms with Crippen LogP contribution in [0.5, 0.6) is 5.88 Å². The normalized spacial score (nSPS) is 22.0. The highest BCUT2D eigenvalue weighted by molar-refractivity contribution is 5.84. The number of likely N-dealkylation sites (tertiary alicyclic amines) is 2. The SMILES string of the molecule is COc1ncccc1CN1CCC2(CC1)CCN(C)C2=O. The van der Waals surface area contributed by atoms with Gasteiger partial charge in [0.15, 0.2) is 0 Å². The summed E-state index contributed by atoms with van der Waals surface area (Å²) in [5, 5.41) is 0. The maximum absolute atomic E-state index is 12.3. The van der Waals surface area contributed by atoms with Crippen molar-refractivity contribution >= 4 is 5.91 Å². The summed E-state index contributed by atoms with van der Waals surface area (Å²) in [4.78, 5) is 20.9. The Balaban J connectivity index is 1.63. The van der Waals surface area contributed by atoms with Crippen LogP contribution in [0.15, 0.2) is 18.3 Å². The average Bonchev–Trinajstić information content (AvgIpc) is 2.79. The van der Waals surface area contributed by atoms with Gasteiger partial charge in [-0.3, -0.25) is 9.69 Å². The first-order chi connectivity index (χ1) is 10.1. The molecule has 0 saturated carbocycles. The van der Waals surface area contributed by atoms with Gasteiger partial charge in [0.05, 0.1) is 12.5 Å². The second kappa shape index (κ2) is 5.64. The fourth-order valence-corrected chi connectivity index (χ4v) is 3.57. The molecule has 1 amide bonds. The predicted molar refractivity (Wildman–Crippen MR) is 80.0 cm³/mol. The highest BCUT2D eigenvalue weighted by atomic mass is 16.5. The van der Waals surface area contributed by atoms with Gasteiger partial charge in [0.1, 0.15) is 0 Å². The smallest absolute Gasteiger partial charge is 0.228 e. The molecule has 1 spiro atoms. The summed E-state index contributed by atoms with van der Waals surface area (Å²) in [6, 6.07) is 4.00. The molecule has 1 aromatic heterocycles. The molecule has 0 bridgehead atoms. The summed E-state index contributed by atoms with van der Waals surface area (Å²) in [6.07, 6.45) is 4.71. The first-order valence-corrected chi connectivity index (χ1v) is 7.60. The van der Waals surface area contributed by atoms with Crippen molar-refractivity contribution in [2.24, 2.45) is 5.41 Å². The molecule has 0 atom stereocenters. The third-order valence-corrected chi connectivity index (χ3v) is 4.98. The second-order valence-electron chi connectivity index (χ2n) is 6.20. The molecule has 2 saturated heterocycles. The number of carbonyl (C=O) groups excluding carboxylic acids is 1. The molecule has 0 aromatic carbocycles. The summed E-state index contributed by atoms with van der Waals surface area (Å²) >= 11 is 0. The molecule has 21 heavy (non-hydrogen) atoms. The Kier molecular flexibility index (Phi) is 3.85. The maximum Gasteiger partial charge on any atom is 0.228 e. The Bertz CT molecular complexity index is 524. The number of rotatable bonds is 3. The molecule has 3 heterocycles. The van der Waals surface area contributed by atoms with Gasteiger partial charge in [0, 0.05) is 31.9 Å². The van der Waals surface area contributed by atoms with Crippen molar-refractivity contribution in [3.8, 4) is 5.88 Å². The molecule has 2 aliphatic heterocycles. The van der Waals surface area contributed by atoms with Crippen LogP contribution in [-0.4, -0.2) is 54.5 Å². The lowest BCUT2D eigenvalue weighted by molar-refractivity contribution is -0.137. The largest absolute Gasteiger partial charge is 0.481 e. The molecular weight excluding hydrogens is 266 g/mol. The van der Waals surface area contributed by atoms with Gasteiger partial charge in [-0.25, -0.2) is 4.98 Å². The Morgan fingerprint density at radius 2 is 2.00 bits per heavy atom. The fraction of sp³-hybridized carbons (Fsp3) is 0.625. The Morgan fingerprint density at radius 1 is 1.29 bits per heavy atom. The van der Waals surface area contributed by atoms with Crippen LogP contribution in [0, 0.1) is 5.41 Å². The molecular formula is C16H23N3O2. The van der Waals surface area contributed by atoms with E-state index < -0.39 is 0 Å². The molecule has 0 aliphatic carbocycles. The van der Waals surface area contributed by atoms with Crippen molar-refractivity contribution in [1.29, 1.82) is 0 Å². The molecule has 0 unspecified atom stereocenters. The second-order valence-corrected chi connectivity index (χ2v) is 6.20. The summed E-state index contributed by atoms with van der Waals surface area (Å²) < 4.78 is 5.31. The highest BCUT2D eigenvalue weighted by Gasteiger charge is 2.46. The lowest BCUT2D eigenvalue weighted by atomic mass is 9.77. The number of amides is 1. The van der Waals surface area contributed by atoms with Gasteiger partial charge >= 0.3 is 0 Å². The highest BCUT2D eigenvalue weighted by Crippen LogP contribution is 2.41. The van der Waals surface area contributed by atoms with Gasteiger partial charge < -0.3 is 9.64 Å². The minimum Gasteiger partial charge on any atom is -0.481 e. The zero-order valence-electron chi connectivity index (χ0n) is 12.8. The van der Waals surface area contributed by atoms with Crippen molar-refractivity contribution in [3.05, 3.63) is 23.9 Å². The number of hydrogen-bond acceptors (Lipinski definition) is 4. The number of ether oxygens (including phenoxy) is 1. The lowest BCUT2D eigenvalue weighted by Crippen LogP contribution is -2.43. The zero-order valence-corrected chi connectivity index (χ0v) is 12.8. The lowest BCUT2D eigenvalue weighted by Gasteiger charge is -2.37. The zero-order chi connectivity index (χ0) is 14.9. The number of hydrogen-bond donors (Lipinski definition) is 0. The summed E-state index contributed by atoms with van der Waals surface area (Å²) in [6.45, 7) is 3.70. The summed E-state index contributed by atoms with van der Waals surface area (Å²) in [5.74, 6) is 1.05. The van der Waals surface area contributed by atoms with E-state index in [-0.39, 0.29) is 5.41 Å². The third kappa shape index (κ3) is 2.62. The summed E-state index contributed by atoms with van der Waals surface area (Å²) in [7, 11) is 3.58. The maximum atomic E-state index is 12.3. The van der Waals surface area contributed by atoms with E-state index in [2.05, 4.69) is 16.0 Å². The van der Waals surface area contributed by atoms with E-state index in [0.717, 1.165) is 51.0 Å². The predicted octanol–water partition coefficient (Wildman–Crippen LogP) is 1.53. The summed E-state index contributed by atoms with van der Waals surface area (Å²) in [5.41, 5.74) is 1.04. The standard InChI is InChI=1S/C16H23N3O2/c1-18-9-5-16(15(18)20)6-10-19(11-7-16)12-13-4-3-8-17-14(13)21-2/h3-4,8H,5-7,9-12H2,1-2H3. The van der Waals surface area contributed by atoms with Gasteiger partial charge in [-0.2, -0.15) is 0 Å². The van der Waals surface area contributed by atoms with E-state index in [9.17, 15) is 4.79 Å². The number of pyridine rings is 1. The van der Waals surface area contributed by atoms with Crippen LogP contribution in [0.2, 0.25) is 0 Å².